The highest BCUT2D eigenvalue weighted by molar-refractivity contribution is 5.76. The number of methoxy groups -OCH3 is 2. The molecule has 1 aromatic carbocycles. The van der Waals surface area contributed by atoms with Crippen LogP contribution >= 0.6 is 0 Å². The molecule has 0 aliphatic rings. The highest BCUT2D eigenvalue weighted by atomic mass is 16.5. The quantitative estimate of drug-likeness (QED) is 0.654. The minimum Gasteiger partial charge on any atom is -0.496 e. The van der Waals surface area contributed by atoms with Crippen molar-refractivity contribution in [1.29, 1.82) is 0 Å². The molecular weight excluding hydrogens is 276 g/mol. The van der Waals surface area contributed by atoms with Crippen LogP contribution in [0.5, 0.6) is 5.75 Å². The molecule has 7 heteroatoms. The normalized spacial score (nSPS) is 11.5. The molecule has 0 saturated carbocycles. The predicted octanol–water partition coefficient (Wildman–Crippen LogP) is 0.636. The van der Waals surface area contributed by atoms with Crippen molar-refractivity contribution in [1.82, 2.24) is 10.6 Å². The van der Waals surface area contributed by atoms with Crippen LogP contribution in [-0.2, 0) is 16.0 Å². The van der Waals surface area contributed by atoms with Gasteiger partial charge in [0.15, 0.2) is 6.10 Å². The third-order valence-corrected chi connectivity index (χ3v) is 2.88. The first-order chi connectivity index (χ1) is 10.1. The first kappa shape index (κ1) is 16.8. The number of para-hydroxylation sites is 1. The molecule has 0 bridgehead atoms. The van der Waals surface area contributed by atoms with Crippen LogP contribution in [-0.4, -0.2) is 50.5 Å². The smallest absolute Gasteiger partial charge is 0.334 e. The number of aliphatic carboxylic acids is 1. The lowest BCUT2D eigenvalue weighted by molar-refractivity contribution is -0.147. The number of urea groups is 1. The molecule has 0 radical (unpaired) electrons. The molecule has 116 valence electrons. The molecule has 0 aliphatic heterocycles. The third kappa shape index (κ3) is 5.70. The summed E-state index contributed by atoms with van der Waals surface area (Å²) in [7, 11) is 2.87. The Kier molecular flexibility index (Phi) is 7.03. The number of carbonyl (C=O) groups is 2. The second kappa shape index (κ2) is 8.80. The molecule has 0 spiro atoms. The highest BCUT2D eigenvalue weighted by Crippen LogP contribution is 2.17. The van der Waals surface area contributed by atoms with Gasteiger partial charge in [-0.2, -0.15) is 0 Å². The summed E-state index contributed by atoms with van der Waals surface area (Å²) < 4.78 is 9.92. The number of amides is 2. The summed E-state index contributed by atoms with van der Waals surface area (Å²) in [6, 6.07) is 7.11. The van der Waals surface area contributed by atoms with Crippen molar-refractivity contribution >= 4 is 12.0 Å². The van der Waals surface area contributed by atoms with E-state index in [4.69, 9.17) is 14.6 Å². The van der Waals surface area contributed by atoms with E-state index in [1.165, 1.54) is 7.11 Å². The fourth-order valence-corrected chi connectivity index (χ4v) is 1.74. The van der Waals surface area contributed by atoms with Gasteiger partial charge in [-0.1, -0.05) is 18.2 Å². The number of rotatable bonds is 8. The van der Waals surface area contributed by atoms with Gasteiger partial charge < -0.3 is 25.2 Å². The summed E-state index contributed by atoms with van der Waals surface area (Å²) in [5.41, 5.74) is 0.987. The maximum Gasteiger partial charge on any atom is 0.334 e. The van der Waals surface area contributed by atoms with E-state index in [-0.39, 0.29) is 6.54 Å². The summed E-state index contributed by atoms with van der Waals surface area (Å²) in [4.78, 5) is 22.2. The SMILES string of the molecule is COc1ccccc1CCNC(=O)NCC(OC)C(=O)O. The highest BCUT2D eigenvalue weighted by Gasteiger charge is 2.16. The van der Waals surface area contributed by atoms with Crippen LogP contribution in [0.15, 0.2) is 24.3 Å². The molecule has 0 aromatic heterocycles. The van der Waals surface area contributed by atoms with E-state index in [9.17, 15) is 9.59 Å². The molecule has 0 fully saturated rings. The van der Waals surface area contributed by atoms with Crippen molar-refractivity contribution in [3.8, 4) is 5.75 Å². The minimum absolute atomic E-state index is 0.0909. The lowest BCUT2D eigenvalue weighted by Gasteiger charge is -2.13. The van der Waals surface area contributed by atoms with Crippen molar-refractivity contribution in [2.75, 3.05) is 27.3 Å². The number of carboxylic acid groups (broad SMARTS) is 1. The number of hydrogen-bond donors (Lipinski definition) is 3. The molecule has 1 aromatic rings. The van der Waals surface area contributed by atoms with Gasteiger partial charge in [0.1, 0.15) is 5.75 Å². The number of ether oxygens (including phenoxy) is 2. The molecule has 0 aliphatic carbocycles. The van der Waals surface area contributed by atoms with E-state index in [1.54, 1.807) is 7.11 Å². The van der Waals surface area contributed by atoms with E-state index in [0.29, 0.717) is 13.0 Å². The van der Waals surface area contributed by atoms with Gasteiger partial charge in [0.2, 0.25) is 0 Å². The van der Waals surface area contributed by atoms with Gasteiger partial charge in [0.25, 0.3) is 0 Å². The van der Waals surface area contributed by atoms with Gasteiger partial charge in [-0.25, -0.2) is 9.59 Å². The monoisotopic (exact) mass is 296 g/mol. The Morgan fingerprint density at radius 3 is 2.57 bits per heavy atom. The largest absolute Gasteiger partial charge is 0.496 e. The van der Waals surface area contributed by atoms with E-state index < -0.39 is 18.1 Å². The Hall–Kier alpha value is -2.28. The second-order valence-electron chi connectivity index (χ2n) is 4.26. The zero-order valence-corrected chi connectivity index (χ0v) is 12.1. The van der Waals surface area contributed by atoms with Crippen LogP contribution in [0.1, 0.15) is 5.56 Å². The van der Waals surface area contributed by atoms with Crippen LogP contribution in [0, 0.1) is 0 Å². The molecule has 0 heterocycles. The Bertz CT molecular complexity index is 478. The van der Waals surface area contributed by atoms with Crippen molar-refractivity contribution in [3.05, 3.63) is 29.8 Å². The molecule has 7 nitrogen and oxygen atoms in total. The van der Waals surface area contributed by atoms with E-state index in [2.05, 4.69) is 10.6 Å². The first-order valence-corrected chi connectivity index (χ1v) is 6.47. The molecule has 1 atom stereocenters. The van der Waals surface area contributed by atoms with Crippen LogP contribution in [0.3, 0.4) is 0 Å². The van der Waals surface area contributed by atoms with Gasteiger partial charge in [-0.3, -0.25) is 0 Å². The van der Waals surface area contributed by atoms with Crippen LogP contribution in [0.2, 0.25) is 0 Å². The fraction of sp³-hybridized carbons (Fsp3) is 0.429. The van der Waals surface area contributed by atoms with Gasteiger partial charge in [-0.05, 0) is 18.1 Å². The summed E-state index contributed by atoms with van der Waals surface area (Å²) >= 11 is 0. The Morgan fingerprint density at radius 2 is 1.95 bits per heavy atom. The summed E-state index contributed by atoms with van der Waals surface area (Å²) in [5.74, 6) is -0.350. The number of hydrogen-bond acceptors (Lipinski definition) is 4. The Balaban J connectivity index is 2.32. The van der Waals surface area contributed by atoms with Gasteiger partial charge in [0.05, 0.1) is 13.7 Å². The van der Waals surface area contributed by atoms with Crippen molar-refractivity contribution < 1.29 is 24.2 Å². The lowest BCUT2D eigenvalue weighted by Crippen LogP contribution is -2.43. The average Bonchev–Trinajstić information content (AvgIpc) is 2.48. The first-order valence-electron chi connectivity index (χ1n) is 6.47. The number of carbonyl (C=O) groups excluding carboxylic acids is 1. The standard InChI is InChI=1S/C14H20N2O5/c1-20-11-6-4-3-5-10(11)7-8-15-14(19)16-9-12(21-2)13(17)18/h3-6,12H,7-9H2,1-2H3,(H,17,18)(H2,15,16,19). The maximum absolute atomic E-state index is 11.5. The van der Waals surface area contributed by atoms with Crippen molar-refractivity contribution in [2.24, 2.45) is 0 Å². The number of carboxylic acids is 1. The second-order valence-corrected chi connectivity index (χ2v) is 4.26. The zero-order chi connectivity index (χ0) is 15.7. The number of nitrogens with one attached hydrogen (secondary N) is 2. The topological polar surface area (TPSA) is 96.9 Å². The summed E-state index contributed by atoms with van der Waals surface area (Å²) in [6.07, 6.45) is -0.436. The minimum atomic E-state index is -1.12. The molecule has 2 amide bonds. The molecule has 1 rings (SSSR count). The van der Waals surface area contributed by atoms with E-state index in [1.807, 2.05) is 24.3 Å². The average molecular weight is 296 g/mol. The zero-order valence-electron chi connectivity index (χ0n) is 12.1. The Morgan fingerprint density at radius 1 is 1.24 bits per heavy atom. The number of benzene rings is 1. The van der Waals surface area contributed by atoms with Crippen LogP contribution in [0.25, 0.3) is 0 Å². The molecule has 1 unspecified atom stereocenters. The van der Waals surface area contributed by atoms with E-state index in [0.717, 1.165) is 11.3 Å². The van der Waals surface area contributed by atoms with Crippen LogP contribution < -0.4 is 15.4 Å². The van der Waals surface area contributed by atoms with Crippen molar-refractivity contribution in [2.45, 2.75) is 12.5 Å². The van der Waals surface area contributed by atoms with Crippen molar-refractivity contribution in [3.63, 3.8) is 0 Å². The fourth-order valence-electron chi connectivity index (χ4n) is 1.74. The maximum atomic E-state index is 11.5. The molecule has 3 N–H and O–H groups in total. The summed E-state index contributed by atoms with van der Waals surface area (Å²) in [6.45, 7) is 0.323. The Labute approximate surface area is 123 Å². The van der Waals surface area contributed by atoms with Gasteiger partial charge in [-0.15, -0.1) is 0 Å². The third-order valence-electron chi connectivity index (χ3n) is 2.88. The summed E-state index contributed by atoms with van der Waals surface area (Å²) in [5, 5.41) is 13.8. The lowest BCUT2D eigenvalue weighted by atomic mass is 10.1. The molecular formula is C14H20N2O5. The predicted molar refractivity (Wildman–Crippen MR) is 76.5 cm³/mol. The van der Waals surface area contributed by atoms with Crippen LogP contribution in [0.4, 0.5) is 4.79 Å². The van der Waals surface area contributed by atoms with Gasteiger partial charge >= 0.3 is 12.0 Å². The van der Waals surface area contributed by atoms with E-state index >= 15 is 0 Å². The van der Waals surface area contributed by atoms with Gasteiger partial charge in [0, 0.05) is 13.7 Å². The molecule has 21 heavy (non-hydrogen) atoms. The molecule has 0 saturated heterocycles.